The van der Waals surface area contributed by atoms with Crippen LogP contribution in [0.2, 0.25) is 0 Å². The highest BCUT2D eigenvalue weighted by Crippen LogP contribution is 2.23. The van der Waals surface area contributed by atoms with Crippen molar-refractivity contribution in [2.24, 2.45) is 0 Å². The number of aromatic nitrogens is 1. The molecule has 0 aliphatic carbocycles. The van der Waals surface area contributed by atoms with Crippen LogP contribution in [-0.4, -0.2) is 26.5 Å². The molecule has 3 rings (SSSR count). The minimum atomic E-state index is -3.84. The number of hydrogen-bond acceptors (Lipinski definition) is 7. The van der Waals surface area contributed by atoms with Crippen LogP contribution >= 0.6 is 11.3 Å². The summed E-state index contributed by atoms with van der Waals surface area (Å²) in [5.41, 5.74) is 1.33. The normalized spacial score (nSPS) is 11.4. The van der Waals surface area contributed by atoms with E-state index in [1.54, 1.807) is 36.7 Å². The molecule has 0 aliphatic heterocycles. The molecule has 25 heavy (non-hydrogen) atoms. The summed E-state index contributed by atoms with van der Waals surface area (Å²) in [5.74, 6) is -0.0482. The summed E-state index contributed by atoms with van der Waals surface area (Å²) in [5, 5.41) is 1.53. The van der Waals surface area contributed by atoms with Crippen molar-refractivity contribution < 1.29 is 22.4 Å². The van der Waals surface area contributed by atoms with Gasteiger partial charge in [0, 0.05) is 12.7 Å². The topological polar surface area (TPSA) is 98.5 Å². The van der Waals surface area contributed by atoms with E-state index in [0.29, 0.717) is 17.0 Å². The van der Waals surface area contributed by atoms with Crippen LogP contribution in [0, 0.1) is 0 Å². The Balaban J connectivity index is 1.72. The van der Waals surface area contributed by atoms with Crippen molar-refractivity contribution in [3.05, 3.63) is 58.6 Å². The zero-order valence-electron chi connectivity index (χ0n) is 13.1. The van der Waals surface area contributed by atoms with Crippen LogP contribution < -0.4 is 4.72 Å². The molecule has 3 heterocycles. The van der Waals surface area contributed by atoms with Crippen molar-refractivity contribution in [1.82, 2.24) is 9.71 Å². The molecule has 0 bridgehead atoms. The van der Waals surface area contributed by atoms with E-state index in [0.717, 1.165) is 11.3 Å². The van der Waals surface area contributed by atoms with Gasteiger partial charge in [0.25, 0.3) is 0 Å². The van der Waals surface area contributed by atoms with Gasteiger partial charge in [0.15, 0.2) is 5.76 Å². The molecule has 0 spiro atoms. The van der Waals surface area contributed by atoms with Gasteiger partial charge in [-0.05, 0) is 35.2 Å². The third-order valence-electron chi connectivity index (χ3n) is 3.35. The standard InChI is InChI=1S/C16H14N2O5S2/c1-22-16(19)15-14(6-8-24-15)25(20,21)18-10-11-4-5-12(17-9-11)13-3-2-7-23-13/h2-9,18H,10H2,1H3. The first kappa shape index (κ1) is 17.3. The Morgan fingerprint density at radius 1 is 1.32 bits per heavy atom. The number of thiophene rings is 1. The van der Waals surface area contributed by atoms with Crippen LogP contribution in [0.5, 0.6) is 0 Å². The molecule has 0 aromatic carbocycles. The highest BCUT2D eigenvalue weighted by molar-refractivity contribution is 7.89. The number of carbonyl (C=O) groups is 1. The Labute approximate surface area is 148 Å². The lowest BCUT2D eigenvalue weighted by Gasteiger charge is -2.07. The number of hydrogen-bond donors (Lipinski definition) is 1. The van der Waals surface area contributed by atoms with E-state index in [1.807, 2.05) is 0 Å². The molecule has 0 atom stereocenters. The van der Waals surface area contributed by atoms with Gasteiger partial charge in [-0.25, -0.2) is 17.9 Å². The summed E-state index contributed by atoms with van der Waals surface area (Å²) < 4.78 is 37.1. The molecule has 0 fully saturated rings. The molecule has 0 saturated carbocycles. The lowest BCUT2D eigenvalue weighted by atomic mass is 10.2. The lowest BCUT2D eigenvalue weighted by Crippen LogP contribution is -2.24. The highest BCUT2D eigenvalue weighted by atomic mass is 32.2. The number of nitrogens with one attached hydrogen (secondary N) is 1. The molecule has 1 N–H and O–H groups in total. The fourth-order valence-electron chi connectivity index (χ4n) is 2.11. The predicted octanol–water partition coefficient (Wildman–Crippen LogP) is 2.67. The summed E-state index contributed by atoms with van der Waals surface area (Å²) in [7, 11) is -2.63. The van der Waals surface area contributed by atoms with Crippen molar-refractivity contribution in [3.8, 4) is 11.5 Å². The zero-order chi connectivity index (χ0) is 17.9. The van der Waals surface area contributed by atoms with Gasteiger partial charge in [-0.2, -0.15) is 0 Å². The monoisotopic (exact) mass is 378 g/mol. The molecule has 0 amide bonds. The molecule has 130 valence electrons. The number of nitrogens with zero attached hydrogens (tertiary/aromatic N) is 1. The average Bonchev–Trinajstić information content (AvgIpc) is 3.31. The Morgan fingerprint density at radius 2 is 2.16 bits per heavy atom. The van der Waals surface area contributed by atoms with Crippen LogP contribution in [0.25, 0.3) is 11.5 Å². The molecular weight excluding hydrogens is 364 g/mol. The highest BCUT2D eigenvalue weighted by Gasteiger charge is 2.24. The van der Waals surface area contributed by atoms with E-state index in [1.165, 1.54) is 18.6 Å². The summed E-state index contributed by atoms with van der Waals surface area (Å²) >= 11 is 1.01. The quantitative estimate of drug-likeness (QED) is 0.662. The Hall–Kier alpha value is -2.49. The van der Waals surface area contributed by atoms with Gasteiger partial charge in [-0.1, -0.05) is 6.07 Å². The number of pyridine rings is 1. The van der Waals surface area contributed by atoms with Crippen LogP contribution in [0.4, 0.5) is 0 Å². The van der Waals surface area contributed by atoms with Crippen LogP contribution in [0.15, 0.2) is 57.5 Å². The Morgan fingerprint density at radius 3 is 2.80 bits per heavy atom. The van der Waals surface area contributed by atoms with Gasteiger partial charge in [0.1, 0.15) is 15.5 Å². The van der Waals surface area contributed by atoms with Gasteiger partial charge in [0.05, 0.1) is 13.4 Å². The average molecular weight is 378 g/mol. The summed E-state index contributed by atoms with van der Waals surface area (Å²) in [6, 6.07) is 8.42. The third-order valence-corrected chi connectivity index (χ3v) is 5.82. The first-order valence-corrected chi connectivity index (χ1v) is 9.52. The predicted molar refractivity (Wildman–Crippen MR) is 91.6 cm³/mol. The SMILES string of the molecule is COC(=O)c1sccc1S(=O)(=O)NCc1ccc(-c2ccco2)nc1. The van der Waals surface area contributed by atoms with Crippen molar-refractivity contribution in [2.45, 2.75) is 11.4 Å². The second-order valence-electron chi connectivity index (χ2n) is 4.96. The number of rotatable bonds is 6. The molecule has 0 saturated heterocycles. The minimum Gasteiger partial charge on any atom is -0.465 e. The number of carbonyl (C=O) groups excluding carboxylic acids is 1. The van der Waals surface area contributed by atoms with Crippen molar-refractivity contribution in [3.63, 3.8) is 0 Å². The molecule has 9 heteroatoms. The van der Waals surface area contributed by atoms with Gasteiger partial charge >= 0.3 is 5.97 Å². The molecule has 0 radical (unpaired) electrons. The first-order chi connectivity index (χ1) is 12.0. The molecule has 7 nitrogen and oxygen atoms in total. The smallest absolute Gasteiger partial charge is 0.349 e. The van der Waals surface area contributed by atoms with Crippen molar-refractivity contribution in [1.29, 1.82) is 0 Å². The minimum absolute atomic E-state index is 0.0429. The number of furan rings is 1. The fraction of sp³-hybridized carbons (Fsp3) is 0.125. The van der Waals surface area contributed by atoms with Gasteiger partial charge in [0.2, 0.25) is 10.0 Å². The maximum Gasteiger partial charge on any atom is 0.349 e. The van der Waals surface area contributed by atoms with Gasteiger partial charge in [-0.15, -0.1) is 11.3 Å². The number of esters is 1. The molecule has 3 aromatic rings. The number of ether oxygens (including phenoxy) is 1. The maximum absolute atomic E-state index is 12.4. The van der Waals surface area contributed by atoms with E-state index in [-0.39, 0.29) is 16.3 Å². The fourth-order valence-corrected chi connectivity index (χ4v) is 4.46. The zero-order valence-corrected chi connectivity index (χ0v) is 14.8. The number of sulfonamides is 1. The second kappa shape index (κ2) is 7.18. The maximum atomic E-state index is 12.4. The third kappa shape index (κ3) is 3.78. The lowest BCUT2D eigenvalue weighted by molar-refractivity contribution is 0.0602. The molecule has 3 aromatic heterocycles. The Bertz CT molecular complexity index is 960. The summed E-state index contributed by atoms with van der Waals surface area (Å²) in [6.07, 6.45) is 3.12. The molecule has 0 unspecified atom stereocenters. The summed E-state index contributed by atoms with van der Waals surface area (Å²) in [6.45, 7) is 0.0459. The van der Waals surface area contributed by atoms with Crippen molar-refractivity contribution in [2.75, 3.05) is 7.11 Å². The second-order valence-corrected chi connectivity index (χ2v) is 7.61. The van der Waals surface area contributed by atoms with E-state index in [4.69, 9.17) is 4.42 Å². The van der Waals surface area contributed by atoms with Crippen LogP contribution in [-0.2, 0) is 21.3 Å². The van der Waals surface area contributed by atoms with Crippen LogP contribution in [0.1, 0.15) is 15.2 Å². The van der Waals surface area contributed by atoms with Crippen LogP contribution in [0.3, 0.4) is 0 Å². The molecule has 0 aliphatic rings. The molecular formula is C16H14N2O5S2. The van der Waals surface area contributed by atoms with E-state index in [9.17, 15) is 13.2 Å². The largest absolute Gasteiger partial charge is 0.465 e. The summed E-state index contributed by atoms with van der Waals surface area (Å²) in [4.78, 5) is 15.8. The van der Waals surface area contributed by atoms with Gasteiger partial charge in [-0.3, -0.25) is 4.98 Å². The van der Waals surface area contributed by atoms with E-state index in [2.05, 4.69) is 14.4 Å². The Kier molecular flexibility index (Phi) is 4.98. The van der Waals surface area contributed by atoms with Crippen molar-refractivity contribution >= 4 is 27.3 Å². The first-order valence-electron chi connectivity index (χ1n) is 7.15. The van der Waals surface area contributed by atoms with E-state index >= 15 is 0 Å². The number of methoxy groups -OCH3 is 1. The van der Waals surface area contributed by atoms with Gasteiger partial charge < -0.3 is 9.15 Å². The van der Waals surface area contributed by atoms with E-state index < -0.39 is 16.0 Å².